The van der Waals surface area contributed by atoms with Gasteiger partial charge in [-0.3, -0.25) is 0 Å². The number of aliphatic imine (C=N–C) groups is 1. The highest BCUT2D eigenvalue weighted by Crippen LogP contribution is 2.43. The number of benzene rings is 2. The van der Waals surface area contributed by atoms with E-state index in [-0.39, 0.29) is 6.10 Å². The zero-order valence-electron chi connectivity index (χ0n) is 19.0. The van der Waals surface area contributed by atoms with E-state index in [9.17, 15) is 0 Å². The van der Waals surface area contributed by atoms with E-state index < -0.39 is 0 Å². The van der Waals surface area contributed by atoms with Crippen molar-refractivity contribution in [1.29, 1.82) is 5.26 Å². The Morgan fingerprint density at radius 1 is 1.15 bits per heavy atom. The molecule has 9 nitrogen and oxygen atoms in total. The van der Waals surface area contributed by atoms with Crippen molar-refractivity contribution in [2.45, 2.75) is 18.9 Å². The van der Waals surface area contributed by atoms with Gasteiger partial charge in [-0.15, -0.1) is 0 Å². The van der Waals surface area contributed by atoms with E-state index in [1.807, 2.05) is 12.1 Å². The molecule has 1 saturated heterocycles. The van der Waals surface area contributed by atoms with E-state index in [0.717, 1.165) is 31.5 Å². The maximum Gasteiger partial charge on any atom is 0.250 e. The SMILES string of the molecule is COc1cc2c(cc1OC1CCN(C)CC1)C=Nc1c(Nc3cccc(C#N)c3)ncnc1O2. The average molecular weight is 457 g/mol. The van der Waals surface area contributed by atoms with Gasteiger partial charge in [0.25, 0.3) is 5.88 Å². The van der Waals surface area contributed by atoms with Gasteiger partial charge in [-0.2, -0.15) is 10.2 Å². The highest BCUT2D eigenvalue weighted by Gasteiger charge is 2.23. The summed E-state index contributed by atoms with van der Waals surface area (Å²) in [4.78, 5) is 15.5. The van der Waals surface area contributed by atoms with Gasteiger partial charge in [-0.05, 0) is 44.2 Å². The molecule has 1 fully saturated rings. The van der Waals surface area contributed by atoms with Crippen LogP contribution in [0, 0.1) is 11.3 Å². The van der Waals surface area contributed by atoms with E-state index >= 15 is 0 Å². The Balaban J connectivity index is 1.44. The molecule has 0 atom stereocenters. The molecule has 2 aliphatic heterocycles. The minimum absolute atomic E-state index is 0.134. The number of nitrogens with zero attached hydrogens (tertiary/aromatic N) is 5. The molecule has 0 radical (unpaired) electrons. The Labute approximate surface area is 197 Å². The van der Waals surface area contributed by atoms with Crippen molar-refractivity contribution in [3.8, 4) is 29.2 Å². The fourth-order valence-corrected chi connectivity index (χ4v) is 3.97. The Hall–Kier alpha value is -4.16. The molecule has 2 aliphatic rings. The molecule has 0 bridgehead atoms. The summed E-state index contributed by atoms with van der Waals surface area (Å²) in [5, 5.41) is 12.4. The number of ether oxygens (including phenoxy) is 3. The van der Waals surface area contributed by atoms with Gasteiger partial charge >= 0.3 is 0 Å². The highest BCUT2D eigenvalue weighted by atomic mass is 16.5. The van der Waals surface area contributed by atoms with Crippen LogP contribution in [0.4, 0.5) is 17.2 Å². The maximum absolute atomic E-state index is 9.17. The molecule has 3 heterocycles. The number of nitriles is 1. The Morgan fingerprint density at radius 2 is 2.00 bits per heavy atom. The van der Waals surface area contributed by atoms with E-state index in [4.69, 9.17) is 19.5 Å². The first-order chi connectivity index (χ1) is 16.6. The first-order valence-electron chi connectivity index (χ1n) is 11.0. The lowest BCUT2D eigenvalue weighted by atomic mass is 10.1. The number of anilines is 2. The van der Waals surface area contributed by atoms with Gasteiger partial charge in [0, 0.05) is 36.6 Å². The Kier molecular flexibility index (Phi) is 5.97. The molecular formula is C25H24N6O3. The zero-order valence-corrected chi connectivity index (χ0v) is 19.0. The number of hydrogen-bond acceptors (Lipinski definition) is 9. The van der Waals surface area contributed by atoms with Crippen LogP contribution in [0.25, 0.3) is 0 Å². The minimum Gasteiger partial charge on any atom is -0.493 e. The molecule has 2 aromatic carbocycles. The summed E-state index contributed by atoms with van der Waals surface area (Å²) in [6.45, 7) is 2.01. The third-order valence-electron chi connectivity index (χ3n) is 5.84. The molecule has 1 N–H and O–H groups in total. The Morgan fingerprint density at radius 3 is 2.79 bits per heavy atom. The second-order valence-corrected chi connectivity index (χ2v) is 8.22. The summed E-state index contributed by atoms with van der Waals surface area (Å²) < 4.78 is 18.0. The second kappa shape index (κ2) is 9.37. The zero-order chi connectivity index (χ0) is 23.5. The van der Waals surface area contributed by atoms with Gasteiger partial charge in [0.1, 0.15) is 18.2 Å². The maximum atomic E-state index is 9.17. The van der Waals surface area contributed by atoms with Crippen molar-refractivity contribution < 1.29 is 14.2 Å². The smallest absolute Gasteiger partial charge is 0.250 e. The molecule has 172 valence electrons. The predicted molar refractivity (Wildman–Crippen MR) is 128 cm³/mol. The van der Waals surface area contributed by atoms with Crippen LogP contribution in [0.3, 0.4) is 0 Å². The molecular weight excluding hydrogens is 432 g/mol. The van der Waals surface area contributed by atoms with Crippen molar-refractivity contribution in [2.75, 3.05) is 32.6 Å². The largest absolute Gasteiger partial charge is 0.493 e. The van der Waals surface area contributed by atoms with Crippen molar-refractivity contribution in [3.63, 3.8) is 0 Å². The predicted octanol–water partition coefficient (Wildman–Crippen LogP) is 4.43. The lowest BCUT2D eigenvalue weighted by Crippen LogP contribution is -2.35. The number of likely N-dealkylation sites (tertiary alicyclic amines) is 1. The summed E-state index contributed by atoms with van der Waals surface area (Å²) >= 11 is 0. The van der Waals surface area contributed by atoms with Gasteiger partial charge < -0.3 is 24.4 Å². The van der Waals surface area contributed by atoms with Gasteiger partial charge in [-0.25, -0.2) is 9.98 Å². The monoisotopic (exact) mass is 456 g/mol. The first-order valence-corrected chi connectivity index (χ1v) is 11.0. The van der Waals surface area contributed by atoms with Crippen molar-refractivity contribution >= 4 is 23.4 Å². The summed E-state index contributed by atoms with van der Waals surface area (Å²) in [6, 6.07) is 12.9. The topological polar surface area (TPSA) is 105 Å². The number of methoxy groups -OCH3 is 1. The number of aromatic nitrogens is 2. The fourth-order valence-electron chi connectivity index (χ4n) is 3.97. The summed E-state index contributed by atoms with van der Waals surface area (Å²) in [6.07, 6.45) is 5.18. The number of nitrogens with one attached hydrogen (secondary N) is 1. The summed E-state index contributed by atoms with van der Waals surface area (Å²) in [7, 11) is 3.73. The van der Waals surface area contributed by atoms with E-state index in [1.54, 1.807) is 37.6 Å². The first kappa shape index (κ1) is 21.7. The lowest BCUT2D eigenvalue weighted by molar-refractivity contribution is 0.111. The van der Waals surface area contributed by atoms with Gasteiger partial charge in [0.2, 0.25) is 0 Å². The normalized spacial score (nSPS) is 15.3. The van der Waals surface area contributed by atoms with Crippen LogP contribution in [0.1, 0.15) is 24.0 Å². The summed E-state index contributed by atoms with van der Waals surface area (Å²) in [5.74, 6) is 2.60. The van der Waals surface area contributed by atoms with Crippen LogP contribution in [-0.2, 0) is 0 Å². The van der Waals surface area contributed by atoms with E-state index in [0.29, 0.717) is 45.9 Å². The standard InChI is InChI=1S/C25H24N6O3/c1-31-8-6-19(7-9-31)33-22-11-17-14-27-23-24(30-18-5-3-4-16(10-18)13-26)28-15-29-25(23)34-20(17)12-21(22)32-2/h3-5,10-12,14-15,19H,6-9H2,1-2H3,(H,28,29,30). The summed E-state index contributed by atoms with van der Waals surface area (Å²) in [5.41, 5.74) is 2.46. The number of hydrogen-bond donors (Lipinski definition) is 1. The molecule has 0 spiro atoms. The molecule has 0 amide bonds. The van der Waals surface area contributed by atoms with Crippen LogP contribution in [0.15, 0.2) is 47.7 Å². The van der Waals surface area contributed by atoms with Crippen LogP contribution in [0.2, 0.25) is 0 Å². The van der Waals surface area contributed by atoms with Gasteiger partial charge in [0.05, 0.1) is 18.7 Å². The van der Waals surface area contributed by atoms with Gasteiger partial charge in [-0.1, -0.05) is 6.07 Å². The molecule has 3 aromatic rings. The molecule has 0 unspecified atom stereocenters. The highest BCUT2D eigenvalue weighted by molar-refractivity contribution is 5.91. The fraction of sp³-hybridized carbons (Fsp3) is 0.280. The minimum atomic E-state index is 0.134. The number of fused-ring (bicyclic) bond motifs is 2. The van der Waals surface area contributed by atoms with Crippen molar-refractivity contribution in [1.82, 2.24) is 14.9 Å². The lowest BCUT2D eigenvalue weighted by Gasteiger charge is -2.29. The molecule has 0 aliphatic carbocycles. The third-order valence-corrected chi connectivity index (χ3v) is 5.84. The van der Waals surface area contributed by atoms with Crippen molar-refractivity contribution in [2.24, 2.45) is 4.99 Å². The van der Waals surface area contributed by atoms with Crippen LogP contribution >= 0.6 is 0 Å². The number of piperidine rings is 1. The molecule has 0 saturated carbocycles. The molecule has 34 heavy (non-hydrogen) atoms. The van der Waals surface area contributed by atoms with Crippen LogP contribution < -0.4 is 19.5 Å². The van der Waals surface area contributed by atoms with Crippen LogP contribution in [-0.4, -0.2) is 54.4 Å². The quantitative estimate of drug-likeness (QED) is 0.470. The molecule has 9 heteroatoms. The number of rotatable bonds is 5. The van der Waals surface area contributed by atoms with Gasteiger partial charge in [0.15, 0.2) is 23.0 Å². The second-order valence-electron chi connectivity index (χ2n) is 8.22. The third kappa shape index (κ3) is 4.49. The Bertz CT molecular complexity index is 1280. The van der Waals surface area contributed by atoms with Crippen molar-refractivity contribution in [3.05, 3.63) is 53.9 Å². The molecule has 1 aromatic heterocycles. The van der Waals surface area contributed by atoms with E-state index in [2.05, 4.69) is 38.3 Å². The molecule has 5 rings (SSSR count). The van der Waals surface area contributed by atoms with E-state index in [1.165, 1.54) is 6.33 Å². The average Bonchev–Trinajstić information content (AvgIpc) is 3.04. The van der Waals surface area contributed by atoms with Crippen LogP contribution in [0.5, 0.6) is 23.1 Å².